The molecule has 5 heteroatoms. The monoisotopic (exact) mass is 225 g/mol. The molecule has 16 heavy (non-hydrogen) atoms. The fourth-order valence-electron chi connectivity index (χ4n) is 1.34. The predicted octanol–water partition coefficient (Wildman–Crippen LogP) is 0.943. The van der Waals surface area contributed by atoms with Crippen molar-refractivity contribution in [2.24, 2.45) is 0 Å². The van der Waals surface area contributed by atoms with Crippen molar-refractivity contribution in [3.63, 3.8) is 0 Å². The zero-order chi connectivity index (χ0) is 12.1. The molecule has 0 saturated carbocycles. The number of amides is 1. The van der Waals surface area contributed by atoms with Gasteiger partial charge in [0.1, 0.15) is 18.1 Å². The van der Waals surface area contributed by atoms with Crippen LogP contribution in [0, 0.1) is 6.92 Å². The number of carbonyl (C=O) groups is 1. The number of aliphatic hydroxyl groups excluding tert-OH is 1. The summed E-state index contributed by atoms with van der Waals surface area (Å²) < 4.78 is 10.3. The number of benzene rings is 1. The van der Waals surface area contributed by atoms with E-state index in [4.69, 9.17) is 14.6 Å². The summed E-state index contributed by atoms with van der Waals surface area (Å²) in [5.74, 6) is 0.679. The van der Waals surface area contributed by atoms with Gasteiger partial charge in [0.05, 0.1) is 19.9 Å². The number of nitrogens with one attached hydrogen (secondary N) is 1. The van der Waals surface area contributed by atoms with Gasteiger partial charge in [-0.05, 0) is 18.6 Å². The number of hydrogen-bond acceptors (Lipinski definition) is 4. The van der Waals surface area contributed by atoms with Gasteiger partial charge in [-0.25, -0.2) is 0 Å². The van der Waals surface area contributed by atoms with E-state index in [2.05, 4.69) is 5.32 Å². The maximum Gasteiger partial charge on any atom is 0.250 e. The van der Waals surface area contributed by atoms with Gasteiger partial charge in [-0.1, -0.05) is 0 Å². The average molecular weight is 225 g/mol. The van der Waals surface area contributed by atoms with Gasteiger partial charge in [-0.3, -0.25) is 4.79 Å². The first kappa shape index (κ1) is 12.3. The van der Waals surface area contributed by atoms with E-state index in [0.717, 1.165) is 5.56 Å². The summed E-state index contributed by atoms with van der Waals surface area (Å²) in [7, 11) is 3.06. The van der Waals surface area contributed by atoms with Crippen molar-refractivity contribution in [2.75, 3.05) is 26.1 Å². The Kier molecular flexibility index (Phi) is 4.13. The van der Waals surface area contributed by atoms with Crippen molar-refractivity contribution in [3.05, 3.63) is 17.7 Å². The number of aliphatic hydroxyl groups is 1. The molecule has 0 bridgehead atoms. The molecule has 1 amide bonds. The lowest BCUT2D eigenvalue weighted by molar-refractivity contribution is -0.118. The highest BCUT2D eigenvalue weighted by atomic mass is 16.5. The number of anilines is 1. The quantitative estimate of drug-likeness (QED) is 0.800. The molecule has 2 N–H and O–H groups in total. The van der Waals surface area contributed by atoms with Crippen molar-refractivity contribution in [1.82, 2.24) is 0 Å². The lowest BCUT2D eigenvalue weighted by Gasteiger charge is -2.13. The Hall–Kier alpha value is -1.75. The second-order valence-corrected chi connectivity index (χ2v) is 3.23. The maximum absolute atomic E-state index is 11.1. The first-order chi connectivity index (χ1) is 7.62. The smallest absolute Gasteiger partial charge is 0.250 e. The predicted molar refractivity (Wildman–Crippen MR) is 60.0 cm³/mol. The molecular weight excluding hydrogens is 210 g/mol. The van der Waals surface area contributed by atoms with Crippen LogP contribution >= 0.6 is 0 Å². The van der Waals surface area contributed by atoms with Crippen LogP contribution in [0.3, 0.4) is 0 Å². The van der Waals surface area contributed by atoms with Crippen LogP contribution in [0.5, 0.6) is 11.5 Å². The molecule has 1 aromatic rings. The summed E-state index contributed by atoms with van der Waals surface area (Å²) in [5.41, 5.74) is 1.38. The SMILES string of the molecule is COc1cc(NC(=O)CO)c(OC)cc1C. The largest absolute Gasteiger partial charge is 0.496 e. The van der Waals surface area contributed by atoms with Gasteiger partial charge in [0.2, 0.25) is 5.91 Å². The van der Waals surface area contributed by atoms with Gasteiger partial charge < -0.3 is 19.9 Å². The van der Waals surface area contributed by atoms with Crippen LogP contribution in [-0.2, 0) is 4.79 Å². The highest BCUT2D eigenvalue weighted by Crippen LogP contribution is 2.32. The molecule has 0 unspecified atom stereocenters. The first-order valence-electron chi connectivity index (χ1n) is 4.75. The second kappa shape index (κ2) is 5.37. The highest BCUT2D eigenvalue weighted by Gasteiger charge is 2.10. The molecule has 88 valence electrons. The Morgan fingerprint density at radius 3 is 2.44 bits per heavy atom. The fraction of sp³-hybridized carbons (Fsp3) is 0.364. The van der Waals surface area contributed by atoms with E-state index in [9.17, 15) is 4.79 Å². The molecule has 0 aromatic heterocycles. The number of hydrogen-bond donors (Lipinski definition) is 2. The minimum absolute atomic E-state index is 0.476. The summed E-state index contributed by atoms with van der Waals surface area (Å²) >= 11 is 0. The summed E-state index contributed by atoms with van der Waals surface area (Å²) in [6.07, 6.45) is 0. The van der Waals surface area contributed by atoms with Crippen LogP contribution in [-0.4, -0.2) is 31.8 Å². The van der Waals surface area contributed by atoms with Crippen LogP contribution < -0.4 is 14.8 Å². The zero-order valence-corrected chi connectivity index (χ0v) is 9.53. The summed E-state index contributed by atoms with van der Waals surface area (Å²) in [5, 5.41) is 11.2. The molecule has 1 aromatic carbocycles. The molecule has 0 saturated heterocycles. The van der Waals surface area contributed by atoms with Gasteiger partial charge >= 0.3 is 0 Å². The zero-order valence-electron chi connectivity index (χ0n) is 9.53. The molecule has 0 radical (unpaired) electrons. The van der Waals surface area contributed by atoms with Crippen LogP contribution in [0.2, 0.25) is 0 Å². The Labute approximate surface area is 94.0 Å². The highest BCUT2D eigenvalue weighted by molar-refractivity contribution is 5.93. The van der Waals surface area contributed by atoms with Gasteiger partial charge in [0, 0.05) is 6.07 Å². The van der Waals surface area contributed by atoms with Crippen molar-refractivity contribution < 1.29 is 19.4 Å². The standard InChI is InChI=1S/C11H15NO4/c1-7-4-10(16-3)8(5-9(7)15-2)12-11(14)6-13/h4-5,13H,6H2,1-3H3,(H,12,14). The summed E-state index contributed by atoms with van der Waals surface area (Å²) in [6.45, 7) is 1.30. The molecular formula is C11H15NO4. The van der Waals surface area contributed by atoms with E-state index in [0.29, 0.717) is 17.2 Å². The van der Waals surface area contributed by atoms with E-state index in [1.807, 2.05) is 6.92 Å². The summed E-state index contributed by atoms with van der Waals surface area (Å²) in [6, 6.07) is 3.41. The topological polar surface area (TPSA) is 67.8 Å². The summed E-state index contributed by atoms with van der Waals surface area (Å²) in [4.78, 5) is 11.1. The van der Waals surface area contributed by atoms with Crippen LogP contribution in [0.15, 0.2) is 12.1 Å². The molecule has 0 aliphatic heterocycles. The lowest BCUT2D eigenvalue weighted by Crippen LogP contribution is -2.16. The Morgan fingerprint density at radius 2 is 1.94 bits per heavy atom. The average Bonchev–Trinajstić information content (AvgIpc) is 2.30. The van der Waals surface area contributed by atoms with Crippen LogP contribution in [0.1, 0.15) is 5.56 Å². The molecule has 1 rings (SSSR count). The molecule has 0 spiro atoms. The third-order valence-corrected chi connectivity index (χ3v) is 2.13. The van der Waals surface area contributed by atoms with Crippen molar-refractivity contribution in [1.29, 1.82) is 0 Å². The number of ether oxygens (including phenoxy) is 2. The van der Waals surface area contributed by atoms with E-state index in [1.165, 1.54) is 7.11 Å². The molecule has 0 fully saturated rings. The number of aryl methyl sites for hydroxylation is 1. The Balaban J connectivity index is 3.09. The molecule has 0 aliphatic carbocycles. The van der Waals surface area contributed by atoms with Crippen LogP contribution in [0.25, 0.3) is 0 Å². The Morgan fingerprint density at radius 1 is 1.31 bits per heavy atom. The minimum Gasteiger partial charge on any atom is -0.496 e. The van der Waals surface area contributed by atoms with Crippen LogP contribution in [0.4, 0.5) is 5.69 Å². The minimum atomic E-state index is -0.570. The van der Waals surface area contributed by atoms with Crippen molar-refractivity contribution in [3.8, 4) is 11.5 Å². The fourth-order valence-corrected chi connectivity index (χ4v) is 1.34. The molecule has 0 heterocycles. The normalized spacial score (nSPS) is 9.75. The third-order valence-electron chi connectivity index (χ3n) is 2.13. The lowest BCUT2D eigenvalue weighted by atomic mass is 10.2. The first-order valence-corrected chi connectivity index (χ1v) is 4.75. The maximum atomic E-state index is 11.1. The molecule has 0 aliphatic rings. The van der Waals surface area contributed by atoms with Gasteiger partial charge in [-0.15, -0.1) is 0 Å². The van der Waals surface area contributed by atoms with Gasteiger partial charge in [0.25, 0.3) is 0 Å². The number of methoxy groups -OCH3 is 2. The Bertz CT molecular complexity index is 390. The molecule has 5 nitrogen and oxygen atoms in total. The number of carbonyl (C=O) groups excluding carboxylic acids is 1. The van der Waals surface area contributed by atoms with E-state index < -0.39 is 12.5 Å². The van der Waals surface area contributed by atoms with E-state index in [-0.39, 0.29) is 0 Å². The van der Waals surface area contributed by atoms with E-state index in [1.54, 1.807) is 19.2 Å². The van der Waals surface area contributed by atoms with E-state index >= 15 is 0 Å². The number of rotatable bonds is 4. The third kappa shape index (κ3) is 2.64. The van der Waals surface area contributed by atoms with Crippen molar-refractivity contribution in [2.45, 2.75) is 6.92 Å². The molecule has 0 atom stereocenters. The van der Waals surface area contributed by atoms with Gasteiger partial charge in [0.15, 0.2) is 0 Å². The van der Waals surface area contributed by atoms with Crippen molar-refractivity contribution >= 4 is 11.6 Å². The second-order valence-electron chi connectivity index (χ2n) is 3.23. The van der Waals surface area contributed by atoms with Gasteiger partial charge in [-0.2, -0.15) is 0 Å².